The minimum Gasteiger partial charge on any atom is -0.324 e. The van der Waals surface area contributed by atoms with Crippen molar-refractivity contribution in [2.75, 3.05) is 5.32 Å². The summed E-state index contributed by atoms with van der Waals surface area (Å²) in [7, 11) is 0. The number of carbonyl (C=O) groups is 1. The monoisotopic (exact) mass is 246 g/mol. The van der Waals surface area contributed by atoms with Crippen LogP contribution < -0.4 is 5.32 Å². The molecule has 0 saturated heterocycles. The minimum atomic E-state index is -2.42. The third-order valence-electron chi connectivity index (χ3n) is 2.50. The molecule has 0 radical (unpaired) electrons. The lowest BCUT2D eigenvalue weighted by Crippen LogP contribution is -2.16. The van der Waals surface area contributed by atoms with Crippen LogP contribution in [0.2, 0.25) is 5.15 Å². The molecule has 1 amide bonds. The summed E-state index contributed by atoms with van der Waals surface area (Å²) in [6.45, 7) is 0. The normalized spacial score (nSPS) is 23.2. The molecule has 3 nitrogen and oxygen atoms in total. The first-order chi connectivity index (χ1) is 7.58. The maximum absolute atomic E-state index is 12.2. The van der Waals surface area contributed by atoms with E-state index in [1.807, 2.05) is 0 Å². The number of anilines is 1. The Hall–Kier alpha value is -1.23. The Morgan fingerprint density at radius 2 is 2.31 bits per heavy atom. The molecule has 0 bridgehead atoms. The van der Waals surface area contributed by atoms with Gasteiger partial charge in [0.1, 0.15) is 5.15 Å². The number of pyridine rings is 1. The Balaban J connectivity index is 1.91. The molecule has 0 spiro atoms. The van der Waals surface area contributed by atoms with Gasteiger partial charge in [0.05, 0.1) is 11.9 Å². The van der Waals surface area contributed by atoms with E-state index >= 15 is 0 Å². The van der Waals surface area contributed by atoms with Gasteiger partial charge < -0.3 is 5.32 Å². The molecule has 1 fully saturated rings. The fourth-order valence-electron chi connectivity index (χ4n) is 1.48. The Kier molecular flexibility index (Phi) is 3.05. The summed E-state index contributed by atoms with van der Waals surface area (Å²) in [5, 5.41) is 2.84. The first-order valence-electron chi connectivity index (χ1n) is 4.78. The van der Waals surface area contributed by atoms with E-state index in [2.05, 4.69) is 10.3 Å². The largest absolute Gasteiger partial charge is 0.324 e. The third kappa shape index (κ3) is 2.47. The molecule has 2 rings (SSSR count). The molecule has 86 valence electrons. The lowest BCUT2D eigenvalue weighted by molar-refractivity contribution is -0.118. The number of aromatic nitrogens is 1. The van der Waals surface area contributed by atoms with Crippen molar-refractivity contribution in [3.8, 4) is 0 Å². The van der Waals surface area contributed by atoms with E-state index in [4.69, 9.17) is 11.6 Å². The molecular formula is C10H9ClF2N2O. The molecule has 1 aromatic heterocycles. The SMILES string of the molecule is O=C(Nc1ccc(Cl)nc1)[C@H]1C[C@@H]1C(F)F. The van der Waals surface area contributed by atoms with Crippen LogP contribution in [0.15, 0.2) is 18.3 Å². The molecule has 0 unspecified atom stereocenters. The number of rotatable bonds is 3. The first kappa shape index (κ1) is 11.3. The fraction of sp³-hybridized carbons (Fsp3) is 0.400. The molecule has 1 aliphatic carbocycles. The second kappa shape index (κ2) is 4.33. The van der Waals surface area contributed by atoms with Gasteiger partial charge in [-0.1, -0.05) is 11.6 Å². The topological polar surface area (TPSA) is 42.0 Å². The van der Waals surface area contributed by atoms with Crippen LogP contribution >= 0.6 is 11.6 Å². The van der Waals surface area contributed by atoms with Gasteiger partial charge in [0, 0.05) is 11.8 Å². The van der Waals surface area contributed by atoms with Crippen molar-refractivity contribution in [1.29, 1.82) is 0 Å². The zero-order valence-electron chi connectivity index (χ0n) is 8.16. The number of nitrogens with one attached hydrogen (secondary N) is 1. The van der Waals surface area contributed by atoms with Crippen molar-refractivity contribution in [1.82, 2.24) is 4.98 Å². The van der Waals surface area contributed by atoms with E-state index in [0.29, 0.717) is 10.8 Å². The number of halogens is 3. The van der Waals surface area contributed by atoms with Gasteiger partial charge in [-0.15, -0.1) is 0 Å². The highest BCUT2D eigenvalue weighted by Gasteiger charge is 2.48. The average Bonchev–Trinajstić information content (AvgIpc) is 3.01. The van der Waals surface area contributed by atoms with E-state index in [0.717, 1.165) is 0 Å². The zero-order chi connectivity index (χ0) is 11.7. The molecule has 2 atom stereocenters. The number of alkyl halides is 2. The van der Waals surface area contributed by atoms with Gasteiger partial charge in [0.25, 0.3) is 0 Å². The van der Waals surface area contributed by atoms with Crippen molar-refractivity contribution < 1.29 is 13.6 Å². The second-order valence-corrected chi connectivity index (χ2v) is 4.09. The zero-order valence-corrected chi connectivity index (χ0v) is 8.92. The van der Waals surface area contributed by atoms with Crippen molar-refractivity contribution in [3.05, 3.63) is 23.5 Å². The number of hydrogen-bond acceptors (Lipinski definition) is 2. The summed E-state index contributed by atoms with van der Waals surface area (Å²) in [6, 6.07) is 3.10. The van der Waals surface area contributed by atoms with Gasteiger partial charge >= 0.3 is 0 Å². The number of nitrogens with zero attached hydrogens (tertiary/aromatic N) is 1. The van der Waals surface area contributed by atoms with Crippen LogP contribution in [-0.4, -0.2) is 17.3 Å². The summed E-state index contributed by atoms with van der Waals surface area (Å²) >= 11 is 5.56. The Morgan fingerprint density at radius 1 is 1.56 bits per heavy atom. The molecule has 0 aromatic carbocycles. The Bertz CT molecular complexity index is 396. The van der Waals surface area contributed by atoms with Gasteiger partial charge in [-0.25, -0.2) is 13.8 Å². The molecule has 1 saturated carbocycles. The predicted octanol–water partition coefficient (Wildman–Crippen LogP) is 2.57. The first-order valence-corrected chi connectivity index (χ1v) is 5.16. The fourth-order valence-corrected chi connectivity index (χ4v) is 1.59. The number of hydrogen-bond donors (Lipinski definition) is 1. The molecule has 1 heterocycles. The van der Waals surface area contributed by atoms with Crippen LogP contribution in [-0.2, 0) is 4.79 Å². The summed E-state index contributed by atoms with van der Waals surface area (Å²) < 4.78 is 24.4. The molecule has 1 aromatic rings. The summed E-state index contributed by atoms with van der Waals surface area (Å²) in [5.74, 6) is -1.75. The smallest absolute Gasteiger partial charge is 0.242 e. The second-order valence-electron chi connectivity index (χ2n) is 3.70. The van der Waals surface area contributed by atoms with Gasteiger partial charge in [0.15, 0.2) is 0 Å². The molecular weight excluding hydrogens is 238 g/mol. The van der Waals surface area contributed by atoms with Crippen LogP contribution in [0.25, 0.3) is 0 Å². The van der Waals surface area contributed by atoms with E-state index < -0.39 is 18.3 Å². The third-order valence-corrected chi connectivity index (χ3v) is 2.72. The van der Waals surface area contributed by atoms with Crippen molar-refractivity contribution in [2.24, 2.45) is 11.8 Å². The lowest BCUT2D eigenvalue weighted by Gasteiger charge is -2.03. The maximum Gasteiger partial charge on any atom is 0.242 e. The maximum atomic E-state index is 12.2. The molecule has 6 heteroatoms. The van der Waals surface area contributed by atoms with Gasteiger partial charge in [-0.2, -0.15) is 0 Å². The number of carbonyl (C=O) groups excluding carboxylic acids is 1. The van der Waals surface area contributed by atoms with Gasteiger partial charge in [0.2, 0.25) is 12.3 Å². The Morgan fingerprint density at radius 3 is 2.81 bits per heavy atom. The van der Waals surface area contributed by atoms with Crippen LogP contribution in [0.4, 0.5) is 14.5 Å². The molecule has 1 N–H and O–H groups in total. The van der Waals surface area contributed by atoms with Crippen molar-refractivity contribution >= 4 is 23.2 Å². The van der Waals surface area contributed by atoms with E-state index in [9.17, 15) is 13.6 Å². The lowest BCUT2D eigenvalue weighted by atomic mass is 10.3. The number of amides is 1. The minimum absolute atomic E-state index is 0.254. The van der Waals surface area contributed by atoms with E-state index in [-0.39, 0.29) is 12.3 Å². The van der Waals surface area contributed by atoms with Gasteiger partial charge in [-0.3, -0.25) is 4.79 Å². The van der Waals surface area contributed by atoms with Crippen LogP contribution in [0.1, 0.15) is 6.42 Å². The van der Waals surface area contributed by atoms with Crippen LogP contribution in [0, 0.1) is 11.8 Å². The highest BCUT2D eigenvalue weighted by molar-refractivity contribution is 6.29. The van der Waals surface area contributed by atoms with Gasteiger partial charge in [-0.05, 0) is 18.6 Å². The van der Waals surface area contributed by atoms with Crippen LogP contribution in [0.3, 0.4) is 0 Å². The average molecular weight is 247 g/mol. The summed E-state index contributed by atoms with van der Waals surface area (Å²) in [5.41, 5.74) is 0.467. The molecule has 1 aliphatic rings. The predicted molar refractivity (Wildman–Crippen MR) is 55.5 cm³/mol. The van der Waals surface area contributed by atoms with E-state index in [1.54, 1.807) is 6.07 Å². The Labute approximate surface area is 95.8 Å². The quantitative estimate of drug-likeness (QED) is 0.833. The molecule has 16 heavy (non-hydrogen) atoms. The summed E-state index contributed by atoms with van der Waals surface area (Å²) in [6.07, 6.45) is -0.774. The van der Waals surface area contributed by atoms with Crippen molar-refractivity contribution in [3.63, 3.8) is 0 Å². The highest BCUT2D eigenvalue weighted by atomic mass is 35.5. The van der Waals surface area contributed by atoms with Crippen molar-refractivity contribution in [2.45, 2.75) is 12.8 Å². The highest BCUT2D eigenvalue weighted by Crippen LogP contribution is 2.43. The van der Waals surface area contributed by atoms with Crippen LogP contribution in [0.5, 0.6) is 0 Å². The standard InChI is InChI=1S/C10H9ClF2N2O/c11-8-2-1-5(4-14-8)15-10(16)7-3-6(7)9(12)13/h1-2,4,6-7,9H,3H2,(H,15,16)/t6-,7-/m0/s1. The van der Waals surface area contributed by atoms with E-state index in [1.165, 1.54) is 12.3 Å². The molecule has 0 aliphatic heterocycles. The summed E-state index contributed by atoms with van der Waals surface area (Å²) in [4.78, 5) is 15.2.